The molecule has 1 aliphatic heterocycles. The molecule has 0 saturated heterocycles. The maximum absolute atomic E-state index is 12.8. The Morgan fingerprint density at radius 1 is 1.14 bits per heavy atom. The average Bonchev–Trinajstić information content (AvgIpc) is 2.71. The molecule has 22 heavy (non-hydrogen) atoms. The van der Waals surface area contributed by atoms with Crippen LogP contribution in [0.4, 0.5) is 13.2 Å². The predicted molar refractivity (Wildman–Crippen MR) is 78.8 cm³/mol. The monoisotopic (exact) mass is 338 g/mol. The summed E-state index contributed by atoms with van der Waals surface area (Å²) in [5, 5.41) is 11.2. The summed E-state index contributed by atoms with van der Waals surface area (Å²) in [4.78, 5) is 4.40. The number of halogens is 4. The van der Waals surface area contributed by atoms with Gasteiger partial charge in [-0.1, -0.05) is 0 Å². The molecule has 2 saturated carbocycles. The third-order valence-corrected chi connectivity index (χ3v) is 6.24. The number of hydrogen-bond donors (Lipinski definition) is 2. The number of nitrogens with two attached hydrogens (primary N) is 1. The molecule has 4 unspecified atom stereocenters. The summed E-state index contributed by atoms with van der Waals surface area (Å²) in [6, 6.07) is -0.0275. The molecule has 0 bridgehead atoms. The molecule has 0 aromatic rings. The van der Waals surface area contributed by atoms with E-state index in [1.807, 2.05) is 0 Å². The lowest BCUT2D eigenvalue weighted by Crippen LogP contribution is -2.56. The van der Waals surface area contributed by atoms with Crippen LogP contribution in [0.1, 0.15) is 44.9 Å². The molecule has 0 aromatic carbocycles. The van der Waals surface area contributed by atoms with Crippen molar-refractivity contribution in [3.05, 3.63) is 0 Å². The summed E-state index contributed by atoms with van der Waals surface area (Å²) in [6.45, 7) is 0. The van der Waals surface area contributed by atoms with Gasteiger partial charge in [0.1, 0.15) is 11.4 Å². The Bertz CT molecular complexity index is 462. The minimum atomic E-state index is -4.14. The first-order chi connectivity index (χ1) is 10.2. The molecule has 4 atom stereocenters. The Hall–Kier alpha value is -0.490. The first-order valence-electron chi connectivity index (χ1n) is 7.99. The van der Waals surface area contributed by atoms with Crippen LogP contribution in [0.3, 0.4) is 0 Å². The molecule has 3 N–H and O–H groups in total. The van der Waals surface area contributed by atoms with Crippen molar-refractivity contribution in [2.45, 2.75) is 68.1 Å². The van der Waals surface area contributed by atoms with Crippen molar-refractivity contribution in [2.24, 2.45) is 28.5 Å². The minimum Gasteiger partial charge on any atom is -0.385 e. The van der Waals surface area contributed by atoms with Gasteiger partial charge in [-0.25, -0.2) is 0 Å². The second-order valence-corrected chi connectivity index (χ2v) is 7.63. The molecule has 3 nitrogen and oxygen atoms in total. The van der Waals surface area contributed by atoms with Crippen molar-refractivity contribution in [1.82, 2.24) is 0 Å². The molecule has 2 fully saturated rings. The van der Waals surface area contributed by atoms with Crippen LogP contribution in [0.15, 0.2) is 4.99 Å². The third-order valence-electron chi connectivity index (χ3n) is 5.84. The van der Waals surface area contributed by atoms with Crippen molar-refractivity contribution in [3.8, 4) is 0 Å². The van der Waals surface area contributed by atoms with Gasteiger partial charge in [-0.05, 0) is 50.9 Å². The van der Waals surface area contributed by atoms with Gasteiger partial charge in [0.15, 0.2) is 0 Å². The minimum absolute atomic E-state index is 0.0135. The van der Waals surface area contributed by atoms with Gasteiger partial charge in [-0.15, -0.1) is 11.6 Å². The standard InChI is InChI=1S/C15H22ClF3N2O/c16-10-5-6-12-11(7-10)14(22,13(20)21-12)8-1-3-9(4-2-8)15(17,18)19/h8-12,22H,1-7H2,(H2,20,21). The van der Waals surface area contributed by atoms with Crippen LogP contribution in [-0.4, -0.2) is 34.1 Å². The zero-order valence-corrected chi connectivity index (χ0v) is 13.1. The lowest BCUT2D eigenvalue weighted by atomic mass is 9.65. The Morgan fingerprint density at radius 3 is 2.36 bits per heavy atom. The zero-order chi connectivity index (χ0) is 16.1. The second-order valence-electron chi connectivity index (χ2n) is 7.01. The van der Waals surface area contributed by atoms with E-state index in [1.54, 1.807) is 0 Å². The van der Waals surface area contributed by atoms with Crippen LogP contribution in [0.5, 0.6) is 0 Å². The van der Waals surface area contributed by atoms with Crippen LogP contribution in [-0.2, 0) is 0 Å². The Labute approximate surface area is 133 Å². The molecule has 7 heteroatoms. The molecular formula is C15H22ClF3N2O. The smallest absolute Gasteiger partial charge is 0.385 e. The van der Waals surface area contributed by atoms with Crippen molar-refractivity contribution >= 4 is 17.4 Å². The van der Waals surface area contributed by atoms with E-state index in [4.69, 9.17) is 17.3 Å². The quantitative estimate of drug-likeness (QED) is 0.721. The first kappa shape index (κ1) is 16.4. The van der Waals surface area contributed by atoms with Gasteiger partial charge in [-0.2, -0.15) is 13.2 Å². The Balaban J connectivity index is 1.75. The number of amidine groups is 1. The maximum atomic E-state index is 12.8. The third kappa shape index (κ3) is 2.62. The highest BCUT2D eigenvalue weighted by atomic mass is 35.5. The molecule has 126 valence electrons. The van der Waals surface area contributed by atoms with E-state index in [0.717, 1.165) is 12.8 Å². The molecule has 0 amide bonds. The normalized spacial score (nSPS) is 46.2. The number of aliphatic hydroxyl groups is 1. The van der Waals surface area contributed by atoms with Gasteiger partial charge in [0.05, 0.1) is 12.0 Å². The van der Waals surface area contributed by atoms with E-state index in [2.05, 4.69) is 4.99 Å². The topological polar surface area (TPSA) is 58.6 Å². The highest BCUT2D eigenvalue weighted by molar-refractivity contribution is 6.20. The molecule has 0 radical (unpaired) electrons. The fourth-order valence-electron chi connectivity index (χ4n) is 4.58. The summed E-state index contributed by atoms with van der Waals surface area (Å²) in [5.41, 5.74) is 4.74. The number of rotatable bonds is 1. The van der Waals surface area contributed by atoms with Crippen LogP contribution >= 0.6 is 11.6 Å². The summed E-state index contributed by atoms with van der Waals surface area (Å²) in [5.74, 6) is -1.43. The molecule has 1 heterocycles. The van der Waals surface area contributed by atoms with E-state index < -0.39 is 17.7 Å². The van der Waals surface area contributed by atoms with Gasteiger partial charge >= 0.3 is 6.18 Å². The average molecular weight is 339 g/mol. The zero-order valence-electron chi connectivity index (χ0n) is 12.3. The second kappa shape index (κ2) is 5.55. The lowest BCUT2D eigenvalue weighted by molar-refractivity contribution is -0.188. The summed E-state index contributed by atoms with van der Waals surface area (Å²) >= 11 is 6.23. The number of nitrogens with zero attached hydrogens (tertiary/aromatic N) is 1. The fraction of sp³-hybridized carbons (Fsp3) is 0.933. The molecular weight excluding hydrogens is 317 g/mol. The molecule has 3 aliphatic rings. The fourth-order valence-corrected chi connectivity index (χ4v) is 4.89. The van der Waals surface area contributed by atoms with Crippen LogP contribution in [0.25, 0.3) is 0 Å². The summed E-state index contributed by atoms with van der Waals surface area (Å²) in [6.07, 6.45) is -1.07. The highest BCUT2D eigenvalue weighted by Crippen LogP contribution is 2.50. The highest BCUT2D eigenvalue weighted by Gasteiger charge is 2.57. The van der Waals surface area contributed by atoms with Gasteiger partial charge < -0.3 is 10.8 Å². The molecule has 0 aromatic heterocycles. The van der Waals surface area contributed by atoms with E-state index >= 15 is 0 Å². The van der Waals surface area contributed by atoms with E-state index in [1.165, 1.54) is 0 Å². The van der Waals surface area contributed by atoms with E-state index in [9.17, 15) is 18.3 Å². The van der Waals surface area contributed by atoms with Gasteiger partial charge in [-0.3, -0.25) is 4.99 Å². The number of hydrogen-bond acceptors (Lipinski definition) is 3. The van der Waals surface area contributed by atoms with Gasteiger partial charge in [0.2, 0.25) is 0 Å². The van der Waals surface area contributed by atoms with Crippen LogP contribution in [0, 0.1) is 17.8 Å². The molecule has 2 aliphatic carbocycles. The molecule has 3 rings (SSSR count). The van der Waals surface area contributed by atoms with E-state index in [0.29, 0.717) is 19.3 Å². The van der Waals surface area contributed by atoms with Crippen molar-refractivity contribution in [1.29, 1.82) is 0 Å². The van der Waals surface area contributed by atoms with Crippen molar-refractivity contribution in [3.63, 3.8) is 0 Å². The largest absolute Gasteiger partial charge is 0.391 e. The maximum Gasteiger partial charge on any atom is 0.391 e. The molecule has 0 spiro atoms. The Kier molecular flexibility index (Phi) is 4.13. The number of fused-ring (bicyclic) bond motifs is 1. The van der Waals surface area contributed by atoms with Crippen LogP contribution in [0.2, 0.25) is 0 Å². The Morgan fingerprint density at radius 2 is 1.77 bits per heavy atom. The SMILES string of the molecule is NC1=NC2CCC(Cl)CC2C1(O)C1CCC(C(F)(F)F)CC1. The summed E-state index contributed by atoms with van der Waals surface area (Å²) < 4.78 is 38.4. The summed E-state index contributed by atoms with van der Waals surface area (Å²) in [7, 11) is 0. The number of aliphatic imine (C=N–C) groups is 1. The first-order valence-corrected chi connectivity index (χ1v) is 8.43. The van der Waals surface area contributed by atoms with Gasteiger partial charge in [0, 0.05) is 11.3 Å². The van der Waals surface area contributed by atoms with Crippen molar-refractivity contribution in [2.75, 3.05) is 0 Å². The van der Waals surface area contributed by atoms with Crippen molar-refractivity contribution < 1.29 is 18.3 Å². The number of alkyl halides is 4. The predicted octanol–water partition coefficient (Wildman–Crippen LogP) is 3.23. The van der Waals surface area contributed by atoms with Crippen LogP contribution < -0.4 is 5.73 Å². The van der Waals surface area contributed by atoms with Gasteiger partial charge in [0.25, 0.3) is 0 Å². The van der Waals surface area contributed by atoms with E-state index in [-0.39, 0.29) is 41.9 Å². The lowest BCUT2D eigenvalue weighted by Gasteiger charge is -2.44.